The second-order valence-corrected chi connectivity index (χ2v) is 11.4. The molecule has 1 aromatic carbocycles. The van der Waals surface area contributed by atoms with E-state index in [0.717, 1.165) is 16.8 Å². The van der Waals surface area contributed by atoms with Crippen LogP contribution in [0.3, 0.4) is 0 Å². The number of ether oxygens (including phenoxy) is 2. The fourth-order valence-electron chi connectivity index (χ4n) is 6.11. The van der Waals surface area contributed by atoms with Crippen molar-refractivity contribution >= 4 is 39.4 Å². The lowest BCUT2D eigenvalue weighted by atomic mass is 9.70. The van der Waals surface area contributed by atoms with Gasteiger partial charge in [-0.3, -0.25) is 14.4 Å². The topological polar surface area (TPSA) is 96.4 Å². The number of carbonyl (C=O) groups excluding carboxylic acids is 3. The first-order valence-corrected chi connectivity index (χ1v) is 13.6. The highest BCUT2D eigenvalue weighted by atomic mass is 79.9. The Bertz CT molecular complexity index is 1110. The molecule has 3 unspecified atom stereocenters. The molecule has 3 fully saturated rings. The number of benzene rings is 1. The van der Waals surface area contributed by atoms with Crippen LogP contribution in [0, 0.1) is 25.7 Å². The predicted molar refractivity (Wildman–Crippen MR) is 143 cm³/mol. The Hall–Kier alpha value is -2.49. The van der Waals surface area contributed by atoms with Gasteiger partial charge in [0.1, 0.15) is 11.6 Å². The lowest BCUT2D eigenvalue weighted by molar-refractivity contribution is -0.155. The number of nitrogens with zero attached hydrogens (tertiary/aromatic N) is 2. The summed E-state index contributed by atoms with van der Waals surface area (Å²) < 4.78 is 12.0. The van der Waals surface area contributed by atoms with Gasteiger partial charge in [-0.1, -0.05) is 40.2 Å². The van der Waals surface area contributed by atoms with Crippen LogP contribution in [0.4, 0.5) is 5.69 Å². The minimum Gasteiger partial charge on any atom is -0.465 e. The molecule has 0 saturated carbocycles. The number of carbonyl (C=O) groups is 3. The monoisotopic (exact) mass is 574 g/mol. The zero-order chi connectivity index (χ0) is 27.1. The lowest BCUT2D eigenvalue weighted by Gasteiger charge is -2.39. The molecule has 0 aromatic heterocycles. The number of aliphatic hydroxyl groups excluding tert-OH is 1. The number of likely N-dealkylation sites (tertiary alicyclic amines) is 1. The van der Waals surface area contributed by atoms with Crippen LogP contribution >= 0.6 is 15.9 Å². The van der Waals surface area contributed by atoms with E-state index in [9.17, 15) is 19.5 Å². The number of aliphatic hydroxyl groups is 1. The molecule has 2 bridgehead atoms. The fourth-order valence-corrected chi connectivity index (χ4v) is 7.05. The molecule has 3 saturated heterocycles. The fraction of sp³-hybridized carbons (Fsp3) is 0.536. The predicted octanol–water partition coefficient (Wildman–Crippen LogP) is 3.07. The molecule has 1 spiro atoms. The number of fused-ring (bicyclic) bond motifs is 1. The maximum absolute atomic E-state index is 14.5. The van der Waals surface area contributed by atoms with Gasteiger partial charge in [-0.2, -0.15) is 0 Å². The molecular weight excluding hydrogens is 540 g/mol. The van der Waals surface area contributed by atoms with Crippen LogP contribution in [0.25, 0.3) is 0 Å². The van der Waals surface area contributed by atoms with Gasteiger partial charge in [0.15, 0.2) is 0 Å². The van der Waals surface area contributed by atoms with Crippen LogP contribution in [0.5, 0.6) is 0 Å². The Morgan fingerprint density at radius 3 is 2.73 bits per heavy atom. The first-order chi connectivity index (χ1) is 17.6. The molecule has 3 aliphatic rings. The van der Waals surface area contributed by atoms with Gasteiger partial charge in [-0.15, -0.1) is 13.2 Å². The van der Waals surface area contributed by atoms with Crippen LogP contribution < -0.4 is 4.90 Å². The van der Waals surface area contributed by atoms with E-state index in [1.165, 1.54) is 4.90 Å². The average Bonchev–Trinajstić information content (AvgIpc) is 3.46. The molecule has 1 N–H and O–H groups in total. The quantitative estimate of drug-likeness (QED) is 0.200. The number of rotatable bonds is 10. The second-order valence-electron chi connectivity index (χ2n) is 10.2. The summed E-state index contributed by atoms with van der Waals surface area (Å²) in [5, 5.41) is 10.1. The van der Waals surface area contributed by atoms with E-state index in [0.29, 0.717) is 12.8 Å². The standard InChI is InChI=1S/C28H35BrN2O6/c1-6-8-12-36-27(35)21-22-25(33)31(18(5)15-32)24(28(22)14-19(29)23(21)37-28)26(34)30(11-7-2)20-13-16(3)9-10-17(20)4/h6-7,9-10,13,18-19,21-24,32H,1-2,8,11-12,14-15H2,3-5H3/t18-,19?,21-,22+,23-,24?,28?/m1/s1. The second kappa shape index (κ2) is 10.7. The van der Waals surface area contributed by atoms with Crippen molar-refractivity contribution in [1.82, 2.24) is 4.90 Å². The summed E-state index contributed by atoms with van der Waals surface area (Å²) in [5.74, 6) is -2.94. The van der Waals surface area contributed by atoms with E-state index in [4.69, 9.17) is 9.47 Å². The number of hydrogen-bond acceptors (Lipinski definition) is 6. The number of amides is 2. The molecule has 3 aliphatic heterocycles. The summed E-state index contributed by atoms with van der Waals surface area (Å²) >= 11 is 3.65. The van der Waals surface area contributed by atoms with E-state index in [1.807, 2.05) is 32.0 Å². The number of aryl methyl sites for hydroxylation is 2. The summed E-state index contributed by atoms with van der Waals surface area (Å²) in [4.78, 5) is 44.5. The highest BCUT2D eigenvalue weighted by molar-refractivity contribution is 9.09. The van der Waals surface area contributed by atoms with Crippen molar-refractivity contribution in [3.63, 3.8) is 0 Å². The summed E-state index contributed by atoms with van der Waals surface area (Å²) in [6.45, 7) is 13.1. The summed E-state index contributed by atoms with van der Waals surface area (Å²) in [6, 6.07) is 4.18. The molecule has 4 rings (SSSR count). The summed E-state index contributed by atoms with van der Waals surface area (Å²) in [5.41, 5.74) is 1.38. The Morgan fingerprint density at radius 2 is 2.08 bits per heavy atom. The van der Waals surface area contributed by atoms with Gasteiger partial charge in [0, 0.05) is 17.1 Å². The molecule has 0 aliphatic carbocycles. The zero-order valence-electron chi connectivity index (χ0n) is 21.6. The molecule has 37 heavy (non-hydrogen) atoms. The largest absolute Gasteiger partial charge is 0.465 e. The third-order valence-corrected chi connectivity index (χ3v) is 8.62. The molecule has 200 valence electrons. The van der Waals surface area contributed by atoms with E-state index in [2.05, 4.69) is 29.1 Å². The van der Waals surface area contributed by atoms with Crippen molar-refractivity contribution < 1.29 is 29.0 Å². The van der Waals surface area contributed by atoms with E-state index >= 15 is 0 Å². The molecular formula is C28H35BrN2O6. The molecule has 9 heteroatoms. The first kappa shape index (κ1) is 27.5. The SMILES string of the molecule is C=CCCOC(=O)[C@H]1[C@@H]2OC3(CC2Br)C(C(=O)N(CC=C)c2cc(C)ccc2C)N([C@H](C)CO)C(=O)[C@H]13. The molecule has 0 radical (unpaired) electrons. The maximum atomic E-state index is 14.5. The first-order valence-electron chi connectivity index (χ1n) is 12.6. The van der Waals surface area contributed by atoms with E-state index in [1.54, 1.807) is 24.0 Å². The summed E-state index contributed by atoms with van der Waals surface area (Å²) in [7, 11) is 0. The minimum atomic E-state index is -1.23. The van der Waals surface area contributed by atoms with Crippen LogP contribution in [-0.4, -0.2) is 76.2 Å². The molecule has 2 amide bonds. The minimum absolute atomic E-state index is 0.158. The van der Waals surface area contributed by atoms with E-state index in [-0.39, 0.29) is 36.4 Å². The number of esters is 1. The van der Waals surface area contributed by atoms with Crippen LogP contribution in [0.1, 0.15) is 30.9 Å². The van der Waals surface area contributed by atoms with Crippen molar-refractivity contribution in [2.75, 3.05) is 24.7 Å². The Morgan fingerprint density at radius 1 is 1.35 bits per heavy atom. The number of halogens is 1. The molecule has 3 heterocycles. The Balaban J connectivity index is 1.80. The number of anilines is 1. The van der Waals surface area contributed by atoms with Gasteiger partial charge in [-0.25, -0.2) is 0 Å². The highest BCUT2D eigenvalue weighted by Crippen LogP contribution is 2.60. The third-order valence-electron chi connectivity index (χ3n) is 7.77. The van der Waals surface area contributed by atoms with Gasteiger partial charge >= 0.3 is 5.97 Å². The normalized spacial score (nSPS) is 30.7. The van der Waals surface area contributed by atoms with Gasteiger partial charge in [-0.05, 0) is 50.8 Å². The third kappa shape index (κ3) is 4.45. The van der Waals surface area contributed by atoms with Gasteiger partial charge in [0.25, 0.3) is 5.91 Å². The van der Waals surface area contributed by atoms with Crippen LogP contribution in [0.15, 0.2) is 43.5 Å². The smallest absolute Gasteiger partial charge is 0.312 e. The Labute approximate surface area is 226 Å². The van der Waals surface area contributed by atoms with Gasteiger partial charge < -0.3 is 24.4 Å². The molecule has 7 atom stereocenters. The van der Waals surface area contributed by atoms with Crippen LogP contribution in [0.2, 0.25) is 0 Å². The van der Waals surface area contributed by atoms with Crippen molar-refractivity contribution in [3.05, 3.63) is 54.6 Å². The van der Waals surface area contributed by atoms with Crippen molar-refractivity contribution in [1.29, 1.82) is 0 Å². The number of hydrogen-bond donors (Lipinski definition) is 1. The van der Waals surface area contributed by atoms with Gasteiger partial charge in [0.2, 0.25) is 5.91 Å². The van der Waals surface area contributed by atoms with Crippen molar-refractivity contribution in [3.8, 4) is 0 Å². The highest BCUT2D eigenvalue weighted by Gasteiger charge is 2.77. The molecule has 8 nitrogen and oxygen atoms in total. The number of alkyl halides is 1. The van der Waals surface area contributed by atoms with Gasteiger partial charge in [0.05, 0.1) is 37.2 Å². The molecule has 1 aromatic rings. The Kier molecular flexibility index (Phi) is 7.97. The van der Waals surface area contributed by atoms with E-state index < -0.39 is 41.6 Å². The maximum Gasteiger partial charge on any atom is 0.312 e. The average molecular weight is 576 g/mol. The van der Waals surface area contributed by atoms with Crippen molar-refractivity contribution in [2.45, 2.75) is 62.2 Å². The van der Waals surface area contributed by atoms with Crippen LogP contribution in [-0.2, 0) is 23.9 Å². The summed E-state index contributed by atoms with van der Waals surface area (Å²) in [6.07, 6.45) is 3.57. The van der Waals surface area contributed by atoms with Crippen molar-refractivity contribution in [2.24, 2.45) is 11.8 Å². The lowest BCUT2D eigenvalue weighted by Crippen LogP contribution is -2.59. The zero-order valence-corrected chi connectivity index (χ0v) is 23.1.